The number of hydrogen-bond acceptors (Lipinski definition) is 1. The highest BCUT2D eigenvalue weighted by atomic mass is 19.3. The maximum absolute atomic E-state index is 14.6. The van der Waals surface area contributed by atoms with Crippen LogP contribution in [0.15, 0.2) is 60.7 Å². The Morgan fingerprint density at radius 2 is 1.64 bits per heavy atom. The van der Waals surface area contributed by atoms with Crippen LogP contribution < -0.4 is 4.74 Å². The number of aryl methyl sites for hydroxylation is 1. The van der Waals surface area contributed by atoms with Gasteiger partial charge in [0.15, 0.2) is 11.6 Å². The lowest BCUT2D eigenvalue weighted by Crippen LogP contribution is -2.24. The molecule has 3 aromatic rings. The molecule has 0 bridgehead atoms. The van der Waals surface area contributed by atoms with Crippen LogP contribution >= 0.6 is 0 Å². The predicted octanol–water partition coefficient (Wildman–Crippen LogP) is 8.13. The zero-order chi connectivity index (χ0) is 24.2. The van der Waals surface area contributed by atoms with Crippen molar-refractivity contribution in [1.82, 2.24) is 0 Å². The minimum absolute atomic E-state index is 0.208. The van der Waals surface area contributed by atoms with E-state index in [1.165, 1.54) is 0 Å². The molecular formula is C25H19F7O. The summed E-state index contributed by atoms with van der Waals surface area (Å²) in [6.07, 6.45) is -2.19. The molecule has 0 aliphatic heterocycles. The summed E-state index contributed by atoms with van der Waals surface area (Å²) in [7, 11) is 0. The minimum atomic E-state index is -4.37. The average molecular weight is 468 g/mol. The van der Waals surface area contributed by atoms with Gasteiger partial charge in [-0.3, -0.25) is 0 Å². The van der Waals surface area contributed by atoms with Gasteiger partial charge in [0.05, 0.1) is 0 Å². The van der Waals surface area contributed by atoms with Crippen LogP contribution in [0.4, 0.5) is 30.7 Å². The van der Waals surface area contributed by atoms with Crippen LogP contribution in [0.3, 0.4) is 0 Å². The first kappa shape index (κ1) is 24.4. The van der Waals surface area contributed by atoms with Crippen molar-refractivity contribution in [3.05, 3.63) is 94.8 Å². The van der Waals surface area contributed by atoms with Crippen LogP contribution in [-0.4, -0.2) is 6.67 Å². The van der Waals surface area contributed by atoms with Crippen LogP contribution in [0.1, 0.15) is 30.0 Å². The van der Waals surface area contributed by atoms with Crippen molar-refractivity contribution in [1.29, 1.82) is 0 Å². The lowest BCUT2D eigenvalue weighted by atomic mass is 10.00. The van der Waals surface area contributed by atoms with Crippen LogP contribution in [0.2, 0.25) is 0 Å². The van der Waals surface area contributed by atoms with Gasteiger partial charge in [-0.05, 0) is 41.8 Å². The van der Waals surface area contributed by atoms with Gasteiger partial charge in [-0.15, -0.1) is 0 Å². The largest absolute Gasteiger partial charge is 0.429 e. The first-order chi connectivity index (χ1) is 15.7. The third kappa shape index (κ3) is 5.38. The summed E-state index contributed by atoms with van der Waals surface area (Å²) >= 11 is 0. The molecule has 0 radical (unpaired) electrons. The Hall–Kier alpha value is -3.29. The third-order valence-corrected chi connectivity index (χ3v) is 4.90. The molecule has 0 aliphatic rings. The molecule has 33 heavy (non-hydrogen) atoms. The molecule has 0 saturated carbocycles. The molecule has 0 unspecified atom stereocenters. The van der Waals surface area contributed by atoms with Gasteiger partial charge in [-0.1, -0.05) is 43.7 Å². The van der Waals surface area contributed by atoms with E-state index in [0.717, 1.165) is 36.6 Å². The van der Waals surface area contributed by atoms with E-state index in [1.54, 1.807) is 24.3 Å². The van der Waals surface area contributed by atoms with Gasteiger partial charge < -0.3 is 4.74 Å². The quantitative estimate of drug-likeness (QED) is 0.303. The second-order valence-electron chi connectivity index (χ2n) is 7.20. The monoisotopic (exact) mass is 468 g/mol. The SMILES string of the molecule is CCCc1ccc(-c2ccc(C(F)(F)Oc3ccc(/C(F)=C/CF)c(F)c3)c(F)c2F)cc1. The average Bonchev–Trinajstić information content (AvgIpc) is 2.76. The maximum Gasteiger partial charge on any atom is 0.429 e. The Labute approximate surface area is 186 Å². The Morgan fingerprint density at radius 1 is 0.939 bits per heavy atom. The predicted molar refractivity (Wildman–Crippen MR) is 112 cm³/mol. The maximum atomic E-state index is 14.6. The summed E-state index contributed by atoms with van der Waals surface area (Å²) in [4.78, 5) is 0. The summed E-state index contributed by atoms with van der Waals surface area (Å²) < 4.78 is 103. The Morgan fingerprint density at radius 3 is 2.24 bits per heavy atom. The molecule has 174 valence electrons. The van der Waals surface area contributed by atoms with E-state index in [-0.39, 0.29) is 5.56 Å². The van der Waals surface area contributed by atoms with Gasteiger partial charge in [0.1, 0.15) is 29.6 Å². The van der Waals surface area contributed by atoms with E-state index >= 15 is 0 Å². The number of alkyl halides is 3. The molecule has 3 aromatic carbocycles. The molecule has 0 amide bonds. The lowest BCUT2D eigenvalue weighted by Gasteiger charge is -2.20. The third-order valence-electron chi connectivity index (χ3n) is 4.90. The van der Waals surface area contributed by atoms with E-state index in [2.05, 4.69) is 4.74 Å². The number of rotatable bonds is 8. The molecule has 0 heterocycles. The second-order valence-corrected chi connectivity index (χ2v) is 7.20. The standard InChI is InChI=1S/C25H19F7O/c1-2-3-15-4-6-16(7-5-15)18-10-11-20(24(30)23(18)29)25(31,32)33-17-8-9-19(22(28)14-17)21(27)12-13-26/h4-12,14H,2-3,13H2,1H3/b21-12-. The first-order valence-corrected chi connectivity index (χ1v) is 10.0. The van der Waals surface area contributed by atoms with Gasteiger partial charge in [0.25, 0.3) is 0 Å². The number of benzene rings is 3. The number of hydrogen-bond donors (Lipinski definition) is 0. The first-order valence-electron chi connectivity index (χ1n) is 10.0. The zero-order valence-electron chi connectivity index (χ0n) is 17.4. The lowest BCUT2D eigenvalue weighted by molar-refractivity contribution is -0.187. The van der Waals surface area contributed by atoms with E-state index < -0.39 is 52.9 Å². The normalized spacial score (nSPS) is 12.2. The van der Waals surface area contributed by atoms with Crippen molar-refractivity contribution in [3.63, 3.8) is 0 Å². The van der Waals surface area contributed by atoms with Gasteiger partial charge in [0.2, 0.25) is 0 Å². The Kier molecular flexibility index (Phi) is 7.46. The van der Waals surface area contributed by atoms with Crippen LogP contribution in [-0.2, 0) is 12.5 Å². The summed E-state index contributed by atoms with van der Waals surface area (Å²) in [5.74, 6) is -6.58. The number of ether oxygens (including phenoxy) is 1. The molecule has 0 saturated heterocycles. The van der Waals surface area contributed by atoms with Crippen molar-refractivity contribution in [3.8, 4) is 16.9 Å². The number of allylic oxidation sites excluding steroid dienone is 1. The fraction of sp³-hybridized carbons (Fsp3) is 0.200. The molecule has 3 rings (SSSR count). The van der Waals surface area contributed by atoms with E-state index in [0.29, 0.717) is 23.8 Å². The topological polar surface area (TPSA) is 9.23 Å². The smallest absolute Gasteiger partial charge is 0.429 e. The Bertz CT molecular complexity index is 1150. The highest BCUT2D eigenvalue weighted by Crippen LogP contribution is 2.37. The number of halogens is 7. The second kappa shape index (κ2) is 10.1. The highest BCUT2D eigenvalue weighted by Gasteiger charge is 2.39. The fourth-order valence-electron chi connectivity index (χ4n) is 3.27. The molecular weight excluding hydrogens is 449 g/mol. The van der Waals surface area contributed by atoms with E-state index in [1.807, 2.05) is 6.92 Å². The molecule has 0 fully saturated rings. The van der Waals surface area contributed by atoms with Crippen LogP contribution in [0.5, 0.6) is 5.75 Å². The molecule has 0 aromatic heterocycles. The zero-order valence-corrected chi connectivity index (χ0v) is 17.4. The summed E-state index contributed by atoms with van der Waals surface area (Å²) in [5.41, 5.74) is -0.949. The van der Waals surface area contributed by atoms with E-state index in [9.17, 15) is 30.7 Å². The molecule has 0 atom stereocenters. The van der Waals surface area contributed by atoms with Crippen molar-refractivity contribution < 1.29 is 35.5 Å². The van der Waals surface area contributed by atoms with E-state index in [4.69, 9.17) is 0 Å². The Balaban J connectivity index is 1.88. The summed E-state index contributed by atoms with van der Waals surface area (Å²) in [6.45, 7) is 0.806. The van der Waals surface area contributed by atoms with Crippen molar-refractivity contribution in [2.75, 3.05) is 6.67 Å². The molecule has 1 nitrogen and oxygen atoms in total. The van der Waals surface area contributed by atoms with Gasteiger partial charge in [-0.2, -0.15) is 8.78 Å². The van der Waals surface area contributed by atoms with Gasteiger partial charge in [-0.25, -0.2) is 22.0 Å². The molecule has 0 N–H and O–H groups in total. The summed E-state index contributed by atoms with van der Waals surface area (Å²) in [5, 5.41) is 0. The van der Waals surface area contributed by atoms with Crippen LogP contribution in [0, 0.1) is 17.5 Å². The minimum Gasteiger partial charge on any atom is -0.429 e. The molecule has 0 spiro atoms. The van der Waals surface area contributed by atoms with Crippen molar-refractivity contribution >= 4 is 5.83 Å². The summed E-state index contributed by atoms with van der Waals surface area (Å²) in [6, 6.07) is 10.3. The van der Waals surface area contributed by atoms with Gasteiger partial charge >= 0.3 is 6.11 Å². The van der Waals surface area contributed by atoms with Crippen molar-refractivity contribution in [2.24, 2.45) is 0 Å². The molecule has 0 aliphatic carbocycles. The van der Waals surface area contributed by atoms with Crippen molar-refractivity contribution in [2.45, 2.75) is 25.9 Å². The molecule has 8 heteroatoms. The van der Waals surface area contributed by atoms with Gasteiger partial charge in [0, 0.05) is 17.2 Å². The highest BCUT2D eigenvalue weighted by molar-refractivity contribution is 5.65. The fourth-order valence-corrected chi connectivity index (χ4v) is 3.27. The van der Waals surface area contributed by atoms with Crippen LogP contribution in [0.25, 0.3) is 17.0 Å².